The van der Waals surface area contributed by atoms with Crippen molar-refractivity contribution in [2.45, 2.75) is 18.4 Å². The number of carbonyl (C=O) groups excluding carboxylic acids is 1. The summed E-state index contributed by atoms with van der Waals surface area (Å²) in [6.07, 6.45) is 1.97. The number of nitrogens with zero attached hydrogens (tertiary/aromatic N) is 1. The summed E-state index contributed by atoms with van der Waals surface area (Å²) in [5, 5.41) is 12.2. The third-order valence-corrected chi connectivity index (χ3v) is 4.43. The zero-order chi connectivity index (χ0) is 16.3. The van der Waals surface area contributed by atoms with Crippen LogP contribution < -0.4 is 10.2 Å². The van der Waals surface area contributed by atoms with Gasteiger partial charge in [-0.2, -0.15) is 0 Å². The molecule has 4 heteroatoms. The Morgan fingerprint density at radius 2 is 1.78 bits per heavy atom. The lowest BCUT2D eigenvalue weighted by molar-refractivity contribution is 0.0931. The van der Waals surface area contributed by atoms with Gasteiger partial charge in [0, 0.05) is 24.8 Å². The number of likely N-dealkylation sites (N-methyl/N-ethyl adjacent to an activating group) is 1. The van der Waals surface area contributed by atoms with Crippen LogP contribution in [0.15, 0.2) is 54.6 Å². The van der Waals surface area contributed by atoms with Crippen LogP contribution in [0.2, 0.25) is 0 Å². The molecule has 0 bridgehead atoms. The summed E-state index contributed by atoms with van der Waals surface area (Å²) >= 11 is 0. The highest BCUT2D eigenvalue weighted by Crippen LogP contribution is 2.45. The molecule has 0 saturated heterocycles. The fourth-order valence-electron chi connectivity index (χ4n) is 2.80. The third kappa shape index (κ3) is 3.37. The Morgan fingerprint density at radius 3 is 2.35 bits per heavy atom. The largest absolute Gasteiger partial charge is 0.395 e. The highest BCUT2D eigenvalue weighted by molar-refractivity contribution is 5.95. The third-order valence-electron chi connectivity index (χ3n) is 4.43. The Morgan fingerprint density at radius 1 is 1.13 bits per heavy atom. The molecule has 0 unspecified atom stereocenters. The van der Waals surface area contributed by atoms with Gasteiger partial charge in [-0.25, -0.2) is 0 Å². The van der Waals surface area contributed by atoms with E-state index in [9.17, 15) is 4.79 Å². The van der Waals surface area contributed by atoms with Crippen molar-refractivity contribution in [3.05, 3.63) is 65.7 Å². The fraction of sp³-hybridized carbons (Fsp3) is 0.316. The number of aliphatic hydroxyl groups is 1. The maximum atomic E-state index is 12.5. The first-order valence-electron chi connectivity index (χ1n) is 7.95. The molecular formula is C19H22N2O2. The van der Waals surface area contributed by atoms with E-state index in [1.165, 1.54) is 5.56 Å². The summed E-state index contributed by atoms with van der Waals surface area (Å²) in [5.74, 6) is -0.0392. The Bertz CT molecular complexity index is 664. The molecule has 2 N–H and O–H groups in total. The van der Waals surface area contributed by atoms with E-state index in [2.05, 4.69) is 17.4 Å². The smallest absolute Gasteiger partial charge is 0.251 e. The Balaban J connectivity index is 1.69. The molecule has 1 aliphatic rings. The average molecular weight is 310 g/mol. The van der Waals surface area contributed by atoms with Crippen molar-refractivity contribution >= 4 is 11.6 Å². The quantitative estimate of drug-likeness (QED) is 0.862. The molecule has 1 saturated carbocycles. The number of hydrogen-bond donors (Lipinski definition) is 2. The molecule has 0 aliphatic heterocycles. The molecule has 2 aromatic rings. The predicted molar refractivity (Wildman–Crippen MR) is 91.6 cm³/mol. The van der Waals surface area contributed by atoms with Gasteiger partial charge in [-0.15, -0.1) is 0 Å². The first-order chi connectivity index (χ1) is 11.1. The number of nitrogens with one attached hydrogen (secondary N) is 1. The minimum Gasteiger partial charge on any atom is -0.395 e. The topological polar surface area (TPSA) is 52.6 Å². The number of amides is 1. The van der Waals surface area contributed by atoms with E-state index in [4.69, 9.17) is 5.11 Å². The second-order valence-electron chi connectivity index (χ2n) is 6.09. The van der Waals surface area contributed by atoms with Gasteiger partial charge < -0.3 is 15.3 Å². The van der Waals surface area contributed by atoms with Crippen molar-refractivity contribution in [2.75, 3.05) is 25.1 Å². The van der Waals surface area contributed by atoms with Crippen LogP contribution in [0.1, 0.15) is 28.8 Å². The van der Waals surface area contributed by atoms with E-state index >= 15 is 0 Å². The molecule has 3 rings (SSSR count). The van der Waals surface area contributed by atoms with E-state index in [1.54, 1.807) is 0 Å². The summed E-state index contributed by atoms with van der Waals surface area (Å²) in [7, 11) is 1.92. The maximum Gasteiger partial charge on any atom is 0.251 e. The lowest BCUT2D eigenvalue weighted by Gasteiger charge is -2.20. The van der Waals surface area contributed by atoms with Gasteiger partial charge in [0.25, 0.3) is 5.91 Å². The molecular weight excluding hydrogens is 288 g/mol. The predicted octanol–water partition coefficient (Wildman–Crippen LogP) is 2.53. The van der Waals surface area contributed by atoms with Crippen LogP contribution in [-0.2, 0) is 5.54 Å². The molecule has 0 atom stereocenters. The molecule has 1 aliphatic carbocycles. The van der Waals surface area contributed by atoms with Gasteiger partial charge in [-0.1, -0.05) is 30.3 Å². The molecule has 1 amide bonds. The number of benzene rings is 2. The van der Waals surface area contributed by atoms with Crippen LogP contribution >= 0.6 is 0 Å². The van der Waals surface area contributed by atoms with Gasteiger partial charge in [-0.3, -0.25) is 4.79 Å². The summed E-state index contributed by atoms with van der Waals surface area (Å²) in [4.78, 5) is 14.5. The number of aliphatic hydroxyl groups excluding tert-OH is 1. The van der Waals surface area contributed by atoms with E-state index in [-0.39, 0.29) is 18.1 Å². The van der Waals surface area contributed by atoms with Gasteiger partial charge >= 0.3 is 0 Å². The van der Waals surface area contributed by atoms with Crippen molar-refractivity contribution in [3.63, 3.8) is 0 Å². The van der Waals surface area contributed by atoms with Crippen LogP contribution in [0.25, 0.3) is 0 Å². The van der Waals surface area contributed by atoms with Crippen LogP contribution in [-0.4, -0.2) is 31.2 Å². The molecule has 23 heavy (non-hydrogen) atoms. The molecule has 0 spiro atoms. The SMILES string of the molecule is CN(CCO)c1ccc(C(=O)NC2(c3ccccc3)CC2)cc1. The van der Waals surface area contributed by atoms with Gasteiger partial charge in [0.05, 0.1) is 12.1 Å². The summed E-state index contributed by atoms with van der Waals surface area (Å²) in [6, 6.07) is 17.6. The second kappa shape index (κ2) is 6.42. The summed E-state index contributed by atoms with van der Waals surface area (Å²) in [5.41, 5.74) is 2.63. The Labute approximate surface area is 136 Å². The van der Waals surface area contributed by atoms with E-state index in [0.29, 0.717) is 12.1 Å². The fourth-order valence-corrected chi connectivity index (χ4v) is 2.80. The molecule has 120 valence electrons. The first kappa shape index (κ1) is 15.6. The summed E-state index contributed by atoms with van der Waals surface area (Å²) < 4.78 is 0. The molecule has 0 aromatic heterocycles. The Hall–Kier alpha value is -2.33. The van der Waals surface area contributed by atoms with E-state index in [0.717, 1.165) is 18.5 Å². The van der Waals surface area contributed by atoms with Gasteiger partial charge in [-0.05, 0) is 42.7 Å². The molecule has 4 nitrogen and oxygen atoms in total. The van der Waals surface area contributed by atoms with Crippen LogP contribution in [0.3, 0.4) is 0 Å². The molecule has 0 radical (unpaired) electrons. The van der Waals surface area contributed by atoms with Crippen LogP contribution in [0, 0.1) is 0 Å². The minimum atomic E-state index is -0.190. The highest BCUT2D eigenvalue weighted by atomic mass is 16.3. The van der Waals surface area contributed by atoms with Crippen molar-refractivity contribution in [2.24, 2.45) is 0 Å². The lowest BCUT2D eigenvalue weighted by atomic mass is 10.0. The molecule has 1 fully saturated rings. The first-order valence-corrected chi connectivity index (χ1v) is 7.95. The minimum absolute atomic E-state index is 0.0392. The van der Waals surface area contributed by atoms with E-state index < -0.39 is 0 Å². The monoisotopic (exact) mass is 310 g/mol. The molecule has 0 heterocycles. The van der Waals surface area contributed by atoms with Crippen molar-refractivity contribution in [1.82, 2.24) is 5.32 Å². The van der Waals surface area contributed by atoms with Crippen LogP contribution in [0.4, 0.5) is 5.69 Å². The highest BCUT2D eigenvalue weighted by Gasteiger charge is 2.45. The van der Waals surface area contributed by atoms with E-state index in [1.807, 2.05) is 54.4 Å². The maximum absolute atomic E-state index is 12.5. The number of hydrogen-bond acceptors (Lipinski definition) is 3. The standard InChI is InChI=1S/C19H22N2O2/c1-21(13-14-22)17-9-7-15(8-10-17)18(23)20-19(11-12-19)16-5-3-2-4-6-16/h2-10,22H,11-14H2,1H3,(H,20,23). The Kier molecular flexibility index (Phi) is 4.35. The van der Waals surface area contributed by atoms with Gasteiger partial charge in [0.2, 0.25) is 0 Å². The number of anilines is 1. The zero-order valence-corrected chi connectivity index (χ0v) is 13.3. The van der Waals surface area contributed by atoms with Gasteiger partial charge in [0.1, 0.15) is 0 Å². The number of carbonyl (C=O) groups is 1. The van der Waals surface area contributed by atoms with Crippen LogP contribution in [0.5, 0.6) is 0 Å². The second-order valence-corrected chi connectivity index (χ2v) is 6.09. The van der Waals surface area contributed by atoms with Crippen molar-refractivity contribution in [1.29, 1.82) is 0 Å². The number of rotatable bonds is 6. The van der Waals surface area contributed by atoms with Crippen molar-refractivity contribution in [3.8, 4) is 0 Å². The summed E-state index contributed by atoms with van der Waals surface area (Å²) in [6.45, 7) is 0.682. The lowest BCUT2D eigenvalue weighted by Crippen LogP contribution is -2.34. The average Bonchev–Trinajstić information content (AvgIpc) is 3.37. The van der Waals surface area contributed by atoms with Gasteiger partial charge in [0.15, 0.2) is 0 Å². The zero-order valence-electron chi connectivity index (χ0n) is 13.3. The van der Waals surface area contributed by atoms with Crippen molar-refractivity contribution < 1.29 is 9.90 Å². The molecule has 2 aromatic carbocycles. The normalized spacial score (nSPS) is 15.0.